The molecule has 1 unspecified atom stereocenters. The number of rotatable bonds is 11. The van der Waals surface area contributed by atoms with Crippen molar-refractivity contribution in [2.45, 2.75) is 77.9 Å². The molecule has 29 heavy (non-hydrogen) atoms. The zero-order valence-electron chi connectivity index (χ0n) is 17.8. The first-order valence-corrected chi connectivity index (χ1v) is 10.3. The number of halogens is 2. The maximum Gasteiger partial charge on any atom is 0.378 e. The van der Waals surface area contributed by atoms with Gasteiger partial charge in [-0.25, -0.2) is 4.79 Å². The van der Waals surface area contributed by atoms with E-state index in [1.807, 2.05) is 5.32 Å². The molecule has 1 aliphatic rings. The van der Waals surface area contributed by atoms with E-state index >= 15 is 0 Å². The molecule has 1 rings (SSSR count). The summed E-state index contributed by atoms with van der Waals surface area (Å²) in [5.74, 6) is -6.79. The average molecular weight is 420 g/mol. The highest BCUT2D eigenvalue weighted by Crippen LogP contribution is 2.24. The fourth-order valence-electron chi connectivity index (χ4n) is 3.07. The quantitative estimate of drug-likeness (QED) is 0.501. The lowest BCUT2D eigenvalue weighted by molar-refractivity contribution is -0.171. The van der Waals surface area contributed by atoms with Crippen LogP contribution in [0.4, 0.5) is 8.78 Å². The first kappa shape index (κ1) is 25.3. The minimum Gasteiger partial charge on any atom is -0.462 e. The van der Waals surface area contributed by atoms with Gasteiger partial charge in [0.2, 0.25) is 11.8 Å². The molecule has 0 spiro atoms. The van der Waals surface area contributed by atoms with Crippen molar-refractivity contribution in [2.75, 3.05) is 19.8 Å². The van der Waals surface area contributed by atoms with Crippen LogP contribution in [0.15, 0.2) is 0 Å². The Bertz CT molecular complexity index is 551. The second-order valence-electron chi connectivity index (χ2n) is 7.83. The van der Waals surface area contributed by atoms with E-state index in [9.17, 15) is 23.2 Å². The lowest BCUT2D eigenvalue weighted by atomic mass is 9.90. The number of carbonyl (C=O) groups is 3. The molecule has 2 atom stereocenters. The summed E-state index contributed by atoms with van der Waals surface area (Å²) >= 11 is 0. The van der Waals surface area contributed by atoms with E-state index in [0.29, 0.717) is 12.5 Å². The minimum absolute atomic E-state index is 0.193. The van der Waals surface area contributed by atoms with Gasteiger partial charge in [-0.3, -0.25) is 9.59 Å². The summed E-state index contributed by atoms with van der Waals surface area (Å²) in [4.78, 5) is 35.9. The van der Waals surface area contributed by atoms with Crippen LogP contribution < -0.4 is 10.6 Å². The summed E-state index contributed by atoms with van der Waals surface area (Å²) < 4.78 is 37.7. The summed E-state index contributed by atoms with van der Waals surface area (Å²) in [5.41, 5.74) is 0. The predicted octanol–water partition coefficient (Wildman–Crippen LogP) is 2.43. The third-order valence-electron chi connectivity index (χ3n) is 4.95. The van der Waals surface area contributed by atoms with Crippen LogP contribution in [-0.2, 0) is 23.9 Å². The summed E-state index contributed by atoms with van der Waals surface area (Å²) in [5, 5.41) is 4.60. The van der Waals surface area contributed by atoms with Crippen molar-refractivity contribution >= 4 is 17.8 Å². The van der Waals surface area contributed by atoms with Crippen molar-refractivity contribution in [1.29, 1.82) is 0 Å². The second-order valence-corrected chi connectivity index (χ2v) is 7.83. The molecule has 9 heteroatoms. The Hall–Kier alpha value is -1.77. The van der Waals surface area contributed by atoms with Crippen molar-refractivity contribution in [3.05, 3.63) is 0 Å². The van der Waals surface area contributed by atoms with Gasteiger partial charge in [-0.1, -0.05) is 33.1 Å². The maximum atomic E-state index is 13.8. The summed E-state index contributed by atoms with van der Waals surface area (Å²) in [7, 11) is 0. The molecule has 1 fully saturated rings. The van der Waals surface area contributed by atoms with E-state index in [-0.39, 0.29) is 6.61 Å². The second kappa shape index (κ2) is 12.0. The Morgan fingerprint density at radius 1 is 1.07 bits per heavy atom. The Balaban J connectivity index is 2.72. The SMILES string of the molecule is CCOC(=O)C(F)(F)CNC(=O)C(NC(=O)C(C)C)[C@@H](C)OCC1CCCCC1. The van der Waals surface area contributed by atoms with Gasteiger partial charge in [-0.15, -0.1) is 0 Å². The van der Waals surface area contributed by atoms with Gasteiger partial charge in [0.1, 0.15) is 6.04 Å². The third-order valence-corrected chi connectivity index (χ3v) is 4.95. The van der Waals surface area contributed by atoms with Gasteiger partial charge < -0.3 is 20.1 Å². The zero-order chi connectivity index (χ0) is 22.0. The predicted molar refractivity (Wildman–Crippen MR) is 103 cm³/mol. The van der Waals surface area contributed by atoms with Gasteiger partial charge >= 0.3 is 11.9 Å². The van der Waals surface area contributed by atoms with Crippen LogP contribution in [0.5, 0.6) is 0 Å². The largest absolute Gasteiger partial charge is 0.462 e. The smallest absolute Gasteiger partial charge is 0.378 e. The fourth-order valence-corrected chi connectivity index (χ4v) is 3.07. The molecule has 0 aromatic rings. The van der Waals surface area contributed by atoms with Crippen LogP contribution >= 0.6 is 0 Å². The average Bonchev–Trinajstić information content (AvgIpc) is 2.69. The van der Waals surface area contributed by atoms with Crippen LogP contribution in [0.1, 0.15) is 59.8 Å². The highest BCUT2D eigenvalue weighted by atomic mass is 19.3. The number of carbonyl (C=O) groups excluding carboxylic acids is 3. The molecule has 1 aliphatic carbocycles. The van der Waals surface area contributed by atoms with Crippen molar-refractivity contribution in [3.63, 3.8) is 0 Å². The van der Waals surface area contributed by atoms with E-state index in [2.05, 4.69) is 10.1 Å². The van der Waals surface area contributed by atoms with E-state index in [1.165, 1.54) is 13.3 Å². The summed E-state index contributed by atoms with van der Waals surface area (Å²) in [6.45, 7) is 5.39. The van der Waals surface area contributed by atoms with Gasteiger partial charge in [-0.05, 0) is 32.6 Å². The van der Waals surface area contributed by atoms with Gasteiger partial charge in [0, 0.05) is 12.5 Å². The molecular formula is C20H34F2N2O5. The molecule has 0 radical (unpaired) electrons. The number of hydrogen-bond acceptors (Lipinski definition) is 5. The molecule has 2 N–H and O–H groups in total. The lowest BCUT2D eigenvalue weighted by Gasteiger charge is -2.28. The highest BCUT2D eigenvalue weighted by Gasteiger charge is 2.42. The first-order chi connectivity index (χ1) is 13.6. The standard InChI is InChI=1S/C20H34F2N2O5/c1-5-28-19(27)20(21,22)12-23-18(26)16(24-17(25)13(2)3)14(4)29-11-15-9-7-6-8-10-15/h13-16H,5-12H2,1-4H3,(H,23,26)(H,24,25)/t14-,16?/m1/s1. The van der Waals surface area contributed by atoms with Crippen LogP contribution in [-0.4, -0.2) is 55.6 Å². The number of hydrogen-bond donors (Lipinski definition) is 2. The number of nitrogens with one attached hydrogen (secondary N) is 2. The van der Waals surface area contributed by atoms with Crippen molar-refractivity contribution in [1.82, 2.24) is 10.6 Å². The molecule has 0 saturated heterocycles. The normalized spacial score (nSPS) is 17.5. The molecule has 2 amide bonds. The molecule has 7 nitrogen and oxygen atoms in total. The first-order valence-electron chi connectivity index (χ1n) is 10.3. The Kier molecular flexibility index (Phi) is 10.5. The van der Waals surface area contributed by atoms with Crippen molar-refractivity contribution in [3.8, 4) is 0 Å². The minimum atomic E-state index is -3.86. The molecule has 0 aromatic carbocycles. The molecule has 168 valence electrons. The Morgan fingerprint density at radius 3 is 2.24 bits per heavy atom. The Labute approximate surface area is 171 Å². The van der Waals surface area contributed by atoms with Crippen LogP contribution in [0.3, 0.4) is 0 Å². The van der Waals surface area contributed by atoms with Gasteiger partial charge in [0.25, 0.3) is 0 Å². The van der Waals surface area contributed by atoms with Gasteiger partial charge in [0.15, 0.2) is 0 Å². The van der Waals surface area contributed by atoms with E-state index in [0.717, 1.165) is 25.7 Å². The van der Waals surface area contributed by atoms with Crippen LogP contribution in [0, 0.1) is 11.8 Å². The molecular weight excluding hydrogens is 386 g/mol. The summed E-state index contributed by atoms with van der Waals surface area (Å²) in [6.07, 6.45) is 4.87. The number of alkyl halides is 2. The molecule has 0 aliphatic heterocycles. The molecule has 0 bridgehead atoms. The monoisotopic (exact) mass is 420 g/mol. The number of ether oxygens (including phenoxy) is 2. The topological polar surface area (TPSA) is 93.7 Å². The molecule has 0 heterocycles. The van der Waals surface area contributed by atoms with Crippen LogP contribution in [0.2, 0.25) is 0 Å². The highest BCUT2D eigenvalue weighted by molar-refractivity contribution is 5.89. The Morgan fingerprint density at radius 2 is 1.69 bits per heavy atom. The van der Waals surface area contributed by atoms with Crippen molar-refractivity contribution in [2.24, 2.45) is 11.8 Å². The number of amides is 2. The van der Waals surface area contributed by atoms with E-state index in [1.54, 1.807) is 20.8 Å². The van der Waals surface area contributed by atoms with Gasteiger partial charge in [0.05, 0.1) is 19.3 Å². The van der Waals surface area contributed by atoms with Gasteiger partial charge in [-0.2, -0.15) is 8.78 Å². The molecule has 1 saturated carbocycles. The molecule has 0 aromatic heterocycles. The van der Waals surface area contributed by atoms with Crippen LogP contribution in [0.25, 0.3) is 0 Å². The number of esters is 1. The zero-order valence-corrected chi connectivity index (χ0v) is 17.8. The summed E-state index contributed by atoms with van der Waals surface area (Å²) in [6, 6.07) is -1.15. The third kappa shape index (κ3) is 8.64. The maximum absolute atomic E-state index is 13.8. The van der Waals surface area contributed by atoms with E-state index < -0.39 is 48.3 Å². The van der Waals surface area contributed by atoms with Crippen molar-refractivity contribution < 1.29 is 32.6 Å². The van der Waals surface area contributed by atoms with E-state index in [4.69, 9.17) is 4.74 Å². The fraction of sp³-hybridized carbons (Fsp3) is 0.850. The lowest BCUT2D eigenvalue weighted by Crippen LogP contribution is -2.56.